The molecule has 2 bridgehead atoms. The number of fused-ring (bicyclic) bond motifs is 3. The first kappa shape index (κ1) is 27.8. The van der Waals surface area contributed by atoms with Gasteiger partial charge in [-0.25, -0.2) is 0 Å². The minimum absolute atomic E-state index is 0.115. The van der Waals surface area contributed by atoms with Crippen LogP contribution < -0.4 is 16.0 Å². The number of rotatable bonds is 11. The van der Waals surface area contributed by atoms with Gasteiger partial charge >= 0.3 is 0 Å². The third-order valence-electron chi connectivity index (χ3n) is 9.32. The summed E-state index contributed by atoms with van der Waals surface area (Å²) in [6.45, 7) is 7.83. The van der Waals surface area contributed by atoms with Gasteiger partial charge in [0.25, 0.3) is 11.8 Å². The van der Waals surface area contributed by atoms with Crippen molar-refractivity contribution >= 4 is 29.3 Å². The number of anilines is 1. The highest BCUT2D eigenvalue weighted by atomic mass is 16.2. The molecule has 8 heteroatoms. The number of imide groups is 2. The third kappa shape index (κ3) is 6.21. The van der Waals surface area contributed by atoms with Crippen molar-refractivity contribution in [3.05, 3.63) is 29.3 Å². The van der Waals surface area contributed by atoms with Gasteiger partial charge in [0.05, 0.1) is 11.1 Å². The first-order valence-corrected chi connectivity index (χ1v) is 15.0. The van der Waals surface area contributed by atoms with E-state index < -0.39 is 23.8 Å². The highest BCUT2D eigenvalue weighted by molar-refractivity contribution is 6.25. The number of carbonyl (C=O) groups excluding carboxylic acids is 4. The standard InChI is InChI=1S/C31H44N4O4/c1-20-14-21-16-22(15-20)18-31(2,17-21)19-32-12-5-3-4-6-13-33-24-9-7-8-23-27(24)30(39)35(29(23)38)25-10-11-26(36)34-28(25)37/h7-9,20-22,25,32-33H,3-6,10-19H2,1-2H3,(H,34,36,37). The van der Waals surface area contributed by atoms with Gasteiger partial charge in [-0.05, 0) is 93.2 Å². The first-order valence-electron chi connectivity index (χ1n) is 15.0. The topological polar surface area (TPSA) is 108 Å². The summed E-state index contributed by atoms with van der Waals surface area (Å²) in [7, 11) is 0. The Balaban J connectivity index is 1.02. The molecule has 1 saturated heterocycles. The maximum Gasteiger partial charge on any atom is 0.264 e. The lowest BCUT2D eigenvalue weighted by atomic mass is 9.59. The molecule has 4 aliphatic rings. The second kappa shape index (κ2) is 11.8. The summed E-state index contributed by atoms with van der Waals surface area (Å²) in [5.74, 6) is 0.886. The van der Waals surface area contributed by atoms with Crippen LogP contribution in [0.5, 0.6) is 0 Å². The average Bonchev–Trinajstić information content (AvgIpc) is 3.12. The van der Waals surface area contributed by atoms with Gasteiger partial charge in [0.2, 0.25) is 11.8 Å². The number of carbonyl (C=O) groups is 4. The molecule has 3 N–H and O–H groups in total. The lowest BCUT2D eigenvalue weighted by Gasteiger charge is -2.47. The second-order valence-corrected chi connectivity index (χ2v) is 13.0. The van der Waals surface area contributed by atoms with Crippen LogP contribution in [0.2, 0.25) is 0 Å². The summed E-state index contributed by atoms with van der Waals surface area (Å²) in [4.78, 5) is 51.0. The summed E-state index contributed by atoms with van der Waals surface area (Å²) >= 11 is 0. The summed E-state index contributed by atoms with van der Waals surface area (Å²) in [6.07, 6.45) is 11.7. The van der Waals surface area contributed by atoms with Gasteiger partial charge in [-0.3, -0.25) is 29.4 Å². The van der Waals surface area contributed by atoms with E-state index in [0.29, 0.717) is 28.8 Å². The molecule has 1 aromatic carbocycles. The predicted molar refractivity (Wildman–Crippen MR) is 150 cm³/mol. The molecule has 3 unspecified atom stereocenters. The molecule has 0 spiro atoms. The summed E-state index contributed by atoms with van der Waals surface area (Å²) in [5.41, 5.74) is 1.72. The number of amides is 4. The fourth-order valence-electron chi connectivity index (χ4n) is 7.86. The van der Waals surface area contributed by atoms with Crippen LogP contribution in [0.1, 0.15) is 105 Å². The normalized spacial score (nSPS) is 30.4. The van der Waals surface area contributed by atoms with Gasteiger partial charge < -0.3 is 10.6 Å². The summed E-state index contributed by atoms with van der Waals surface area (Å²) in [6, 6.07) is 4.25. The van der Waals surface area contributed by atoms with Gasteiger partial charge in [0, 0.05) is 25.2 Å². The number of nitrogens with one attached hydrogen (secondary N) is 3. The molecule has 1 aromatic rings. The van der Waals surface area contributed by atoms with Crippen LogP contribution in [-0.4, -0.2) is 54.2 Å². The maximum absolute atomic E-state index is 13.2. The molecule has 2 aliphatic heterocycles. The fourth-order valence-corrected chi connectivity index (χ4v) is 7.86. The van der Waals surface area contributed by atoms with Crippen molar-refractivity contribution in [3.8, 4) is 0 Å². The molecule has 39 heavy (non-hydrogen) atoms. The minimum atomic E-state index is -0.944. The van der Waals surface area contributed by atoms with Gasteiger partial charge in [0.1, 0.15) is 6.04 Å². The Morgan fingerprint density at radius 2 is 1.67 bits per heavy atom. The van der Waals surface area contributed by atoms with E-state index in [4.69, 9.17) is 0 Å². The zero-order valence-electron chi connectivity index (χ0n) is 23.5. The molecule has 2 saturated carbocycles. The van der Waals surface area contributed by atoms with Crippen molar-refractivity contribution in [1.82, 2.24) is 15.5 Å². The van der Waals surface area contributed by atoms with Gasteiger partial charge in [-0.15, -0.1) is 0 Å². The van der Waals surface area contributed by atoms with Crippen LogP contribution in [0.4, 0.5) is 5.69 Å². The third-order valence-corrected chi connectivity index (χ3v) is 9.32. The average molecular weight is 537 g/mol. The Morgan fingerprint density at radius 1 is 0.949 bits per heavy atom. The molecule has 0 radical (unpaired) electrons. The lowest BCUT2D eigenvalue weighted by molar-refractivity contribution is -0.136. The van der Waals surface area contributed by atoms with E-state index in [-0.39, 0.29) is 18.7 Å². The molecule has 2 heterocycles. The van der Waals surface area contributed by atoms with E-state index in [2.05, 4.69) is 29.8 Å². The Bertz CT molecular complexity index is 1100. The molecule has 2 aliphatic carbocycles. The quantitative estimate of drug-likeness (QED) is 0.284. The Morgan fingerprint density at radius 3 is 2.38 bits per heavy atom. The van der Waals surface area contributed by atoms with Crippen LogP contribution in [-0.2, 0) is 9.59 Å². The van der Waals surface area contributed by atoms with E-state index >= 15 is 0 Å². The van der Waals surface area contributed by atoms with Crippen molar-refractivity contribution in [2.75, 3.05) is 25.0 Å². The van der Waals surface area contributed by atoms with E-state index in [1.807, 2.05) is 6.07 Å². The van der Waals surface area contributed by atoms with E-state index in [9.17, 15) is 19.2 Å². The highest BCUT2D eigenvalue weighted by Crippen LogP contribution is 2.49. The fraction of sp³-hybridized carbons (Fsp3) is 0.677. The van der Waals surface area contributed by atoms with Crippen LogP contribution in [0, 0.1) is 23.2 Å². The molecule has 8 nitrogen and oxygen atoms in total. The number of unbranched alkanes of at least 4 members (excludes halogenated alkanes) is 3. The van der Waals surface area contributed by atoms with Crippen LogP contribution in [0.3, 0.4) is 0 Å². The zero-order chi connectivity index (χ0) is 27.6. The van der Waals surface area contributed by atoms with Gasteiger partial charge in [-0.2, -0.15) is 0 Å². The molecule has 212 valence electrons. The molecule has 3 fully saturated rings. The predicted octanol–water partition coefficient (Wildman–Crippen LogP) is 4.50. The van der Waals surface area contributed by atoms with Crippen molar-refractivity contribution in [2.24, 2.45) is 23.2 Å². The first-order chi connectivity index (χ1) is 18.7. The van der Waals surface area contributed by atoms with Crippen LogP contribution in [0.15, 0.2) is 18.2 Å². The second-order valence-electron chi connectivity index (χ2n) is 13.0. The van der Waals surface area contributed by atoms with Crippen molar-refractivity contribution in [2.45, 2.75) is 90.5 Å². The van der Waals surface area contributed by atoms with Crippen molar-refractivity contribution < 1.29 is 19.2 Å². The number of hydrogen-bond donors (Lipinski definition) is 3. The van der Waals surface area contributed by atoms with E-state index in [1.54, 1.807) is 12.1 Å². The number of nitrogens with zero attached hydrogens (tertiary/aromatic N) is 1. The number of piperidine rings is 1. The van der Waals surface area contributed by atoms with Gasteiger partial charge in [0.15, 0.2) is 0 Å². The number of hydrogen-bond acceptors (Lipinski definition) is 6. The van der Waals surface area contributed by atoms with Crippen molar-refractivity contribution in [3.63, 3.8) is 0 Å². The maximum atomic E-state index is 13.2. The minimum Gasteiger partial charge on any atom is -0.384 e. The highest BCUT2D eigenvalue weighted by Gasteiger charge is 2.45. The Labute approximate surface area is 232 Å². The Hall–Kier alpha value is -2.74. The van der Waals surface area contributed by atoms with E-state index in [1.165, 1.54) is 32.1 Å². The lowest BCUT2D eigenvalue weighted by Crippen LogP contribution is -2.54. The zero-order valence-corrected chi connectivity index (χ0v) is 23.5. The van der Waals surface area contributed by atoms with E-state index in [0.717, 1.165) is 61.4 Å². The number of benzene rings is 1. The molecular formula is C31H44N4O4. The molecule has 0 aromatic heterocycles. The van der Waals surface area contributed by atoms with Gasteiger partial charge in [-0.1, -0.05) is 32.8 Å². The monoisotopic (exact) mass is 536 g/mol. The summed E-state index contributed by atoms with van der Waals surface area (Å²) < 4.78 is 0. The molecule has 3 atom stereocenters. The van der Waals surface area contributed by atoms with Crippen LogP contribution in [0.25, 0.3) is 0 Å². The van der Waals surface area contributed by atoms with Crippen LogP contribution >= 0.6 is 0 Å². The smallest absolute Gasteiger partial charge is 0.264 e. The largest absolute Gasteiger partial charge is 0.384 e. The molecular weight excluding hydrogens is 492 g/mol. The molecule has 4 amide bonds. The molecule has 5 rings (SSSR count). The summed E-state index contributed by atoms with van der Waals surface area (Å²) in [5, 5.41) is 9.33. The Kier molecular flexibility index (Phi) is 8.40. The SMILES string of the molecule is CC1CC2CC(C1)CC(C)(CNCCCCCCNc1cccc3c1C(=O)N(C1CCC(=O)NC1=O)C3=O)C2. The van der Waals surface area contributed by atoms with Crippen molar-refractivity contribution in [1.29, 1.82) is 0 Å².